The molecule has 15 heteroatoms. The van der Waals surface area contributed by atoms with Gasteiger partial charge in [-0.05, 0) is 72.7 Å². The minimum Gasteiger partial charge on any atom is -0.507 e. The standard InChI is InChI=1S/C48H58N8O7/c1-27-22-40(60)43(31-12-16-41(63-21-20-51)35(25-31)34-23-29(9-15-37(34)57)24-36(54-46(27)61)38(58)8-7-18-49)56(6)47(62)32(17-19-50)26-39(59)42-28(2)53-45(55-44(42)52)30-10-13-33(14-11-30)48(3,4)5/h9-16,23,25,27,32,36,43,57H,7-8,17,19-22,24,26,50-51H2,1-6H3,(H,54,61)(H2,52,53,55)/t27-,32-,36+,43+/m1/s1. The number of fused-ring (bicyclic) bond motifs is 5. The van der Waals surface area contributed by atoms with Crippen LogP contribution in [0.2, 0.25) is 0 Å². The second-order valence-electron chi connectivity index (χ2n) is 17.2. The van der Waals surface area contributed by atoms with Crippen LogP contribution in [-0.2, 0) is 31.0 Å². The Labute approximate surface area is 368 Å². The minimum atomic E-state index is -1.29. The normalized spacial score (nSPS) is 17.2. The highest BCUT2D eigenvalue weighted by Crippen LogP contribution is 2.40. The van der Waals surface area contributed by atoms with E-state index in [9.17, 15) is 29.1 Å². The van der Waals surface area contributed by atoms with E-state index in [2.05, 4.69) is 36.1 Å². The number of hydrogen-bond donors (Lipinski definition) is 5. The molecular weight excluding hydrogens is 801 g/mol. The topological polar surface area (TPSA) is 258 Å². The van der Waals surface area contributed by atoms with E-state index in [0.717, 1.165) is 11.1 Å². The van der Waals surface area contributed by atoms with E-state index in [-0.39, 0.29) is 86.6 Å². The van der Waals surface area contributed by atoms with Gasteiger partial charge in [0.25, 0.3) is 0 Å². The monoisotopic (exact) mass is 858 g/mol. The second kappa shape index (κ2) is 20.6. The first-order valence-electron chi connectivity index (χ1n) is 21.1. The lowest BCUT2D eigenvalue weighted by atomic mass is 9.86. The molecule has 4 aromatic rings. The van der Waals surface area contributed by atoms with Crippen LogP contribution in [0.5, 0.6) is 11.5 Å². The smallest absolute Gasteiger partial charge is 0.226 e. The Morgan fingerprint density at radius 2 is 1.71 bits per heavy atom. The number of hydrogen-bond acceptors (Lipinski definition) is 13. The van der Waals surface area contributed by atoms with Gasteiger partial charge in [0.15, 0.2) is 23.2 Å². The average molecular weight is 859 g/mol. The number of amides is 2. The summed E-state index contributed by atoms with van der Waals surface area (Å²) in [4.78, 5) is 80.7. The molecule has 2 amide bonds. The number of ether oxygens (including phenoxy) is 1. The zero-order valence-electron chi connectivity index (χ0n) is 36.9. The summed E-state index contributed by atoms with van der Waals surface area (Å²) in [7, 11) is 1.45. The molecule has 3 aromatic carbocycles. The van der Waals surface area contributed by atoms with Crippen molar-refractivity contribution in [3.63, 3.8) is 0 Å². The van der Waals surface area contributed by atoms with Crippen LogP contribution < -0.4 is 27.3 Å². The van der Waals surface area contributed by atoms with Crippen molar-refractivity contribution < 1.29 is 33.8 Å². The van der Waals surface area contributed by atoms with E-state index in [1.807, 2.05) is 30.3 Å². The lowest BCUT2D eigenvalue weighted by Crippen LogP contribution is -2.46. The van der Waals surface area contributed by atoms with E-state index in [0.29, 0.717) is 39.5 Å². The van der Waals surface area contributed by atoms with Crippen molar-refractivity contribution >= 4 is 35.0 Å². The SMILES string of the molecule is Cc1nc(-c2ccc(C(C)(C)C)cc2)nc(N)c1C(=O)C[C@@H](CCN)C(=O)N(C)[C@@H]1C(=O)C[C@@H](C)C(=O)N[C@H](C(=O)CCC#N)Cc2ccc(O)c(c2)-c2cc1ccc2OCCN. The number of aromatic nitrogens is 2. The molecule has 2 heterocycles. The Bertz CT molecular complexity index is 2380. The fourth-order valence-electron chi connectivity index (χ4n) is 7.87. The first-order chi connectivity index (χ1) is 29.9. The van der Waals surface area contributed by atoms with E-state index in [1.165, 1.54) is 18.0 Å². The van der Waals surface area contributed by atoms with Gasteiger partial charge in [0, 0.05) is 67.8 Å². The predicted molar refractivity (Wildman–Crippen MR) is 239 cm³/mol. The average Bonchev–Trinajstić information content (AvgIpc) is 3.24. The highest BCUT2D eigenvalue weighted by atomic mass is 16.5. The fraction of sp³-hybridized carbons (Fsp3) is 0.417. The van der Waals surface area contributed by atoms with Crippen LogP contribution in [0, 0.1) is 30.1 Å². The summed E-state index contributed by atoms with van der Waals surface area (Å²) < 4.78 is 6.00. The molecule has 63 heavy (non-hydrogen) atoms. The number of nitrogens with zero attached hydrogens (tertiary/aromatic N) is 4. The number of ketones is 3. The van der Waals surface area contributed by atoms with E-state index < -0.39 is 47.3 Å². The maximum Gasteiger partial charge on any atom is 0.226 e. The van der Waals surface area contributed by atoms with E-state index >= 15 is 0 Å². The molecule has 1 aliphatic rings. The molecule has 4 atom stereocenters. The molecule has 0 aliphatic carbocycles. The van der Waals surface area contributed by atoms with Crippen LogP contribution in [-0.4, -0.2) is 81.9 Å². The van der Waals surface area contributed by atoms with E-state index in [4.69, 9.17) is 27.2 Å². The Kier molecular flexibility index (Phi) is 15.5. The van der Waals surface area contributed by atoms with Gasteiger partial charge >= 0.3 is 0 Å². The van der Waals surface area contributed by atoms with Gasteiger partial charge in [-0.2, -0.15) is 5.26 Å². The first kappa shape index (κ1) is 47.5. The zero-order chi connectivity index (χ0) is 46.2. The highest BCUT2D eigenvalue weighted by molar-refractivity contribution is 6.03. The van der Waals surface area contributed by atoms with Gasteiger partial charge in [-0.3, -0.25) is 24.0 Å². The summed E-state index contributed by atoms with van der Waals surface area (Å²) >= 11 is 0. The van der Waals surface area contributed by atoms with Gasteiger partial charge in [0.2, 0.25) is 11.8 Å². The van der Waals surface area contributed by atoms with Crippen LogP contribution in [0.25, 0.3) is 22.5 Å². The van der Waals surface area contributed by atoms with Gasteiger partial charge in [-0.25, -0.2) is 9.97 Å². The maximum absolute atomic E-state index is 14.7. The van der Waals surface area contributed by atoms with E-state index in [1.54, 1.807) is 44.2 Å². The number of carbonyl (C=O) groups is 5. The molecule has 332 valence electrons. The fourth-order valence-corrected chi connectivity index (χ4v) is 7.87. The van der Waals surface area contributed by atoms with Crippen LogP contribution in [0.4, 0.5) is 5.82 Å². The number of Topliss-reactive ketones (excluding diaryl/α,β-unsaturated/α-hetero) is 3. The van der Waals surface area contributed by atoms with Gasteiger partial charge < -0.3 is 37.3 Å². The van der Waals surface area contributed by atoms with Crippen LogP contribution in [0.15, 0.2) is 60.7 Å². The summed E-state index contributed by atoms with van der Waals surface area (Å²) in [5.41, 5.74) is 22.1. The summed E-state index contributed by atoms with van der Waals surface area (Å²) in [5, 5.41) is 23.2. The number of aryl methyl sites for hydroxylation is 1. The molecule has 0 saturated heterocycles. The molecule has 5 rings (SSSR count). The molecule has 0 fully saturated rings. The number of anilines is 1. The van der Waals surface area contributed by atoms with Gasteiger partial charge in [0.1, 0.15) is 30.0 Å². The van der Waals surface area contributed by atoms with Gasteiger partial charge in [0.05, 0.1) is 23.4 Å². The molecule has 15 nitrogen and oxygen atoms in total. The van der Waals surface area contributed by atoms with Crippen molar-refractivity contribution in [1.29, 1.82) is 5.26 Å². The molecule has 0 unspecified atom stereocenters. The lowest BCUT2D eigenvalue weighted by Gasteiger charge is -2.32. The second-order valence-corrected chi connectivity index (χ2v) is 17.2. The largest absolute Gasteiger partial charge is 0.507 e. The number of aromatic hydroxyl groups is 1. The summed E-state index contributed by atoms with van der Waals surface area (Å²) in [6.07, 6.45) is -0.650. The summed E-state index contributed by atoms with van der Waals surface area (Å²) in [6, 6.07) is 17.1. The third kappa shape index (κ3) is 11.3. The number of nitrogens with two attached hydrogens (primary N) is 3. The molecule has 4 bridgehead atoms. The molecule has 1 aromatic heterocycles. The predicted octanol–water partition coefficient (Wildman–Crippen LogP) is 5.29. The Morgan fingerprint density at radius 3 is 2.35 bits per heavy atom. The van der Waals surface area contributed by atoms with Gasteiger partial charge in [-0.15, -0.1) is 0 Å². The first-order valence-corrected chi connectivity index (χ1v) is 21.1. The quantitative estimate of drug-likeness (QED) is 0.101. The summed E-state index contributed by atoms with van der Waals surface area (Å²) in [5.74, 6) is -3.88. The number of benzene rings is 3. The third-order valence-corrected chi connectivity index (χ3v) is 11.4. The van der Waals surface area contributed by atoms with Crippen molar-refractivity contribution in [2.45, 2.75) is 90.6 Å². The van der Waals surface area contributed by atoms with Crippen molar-refractivity contribution in [2.24, 2.45) is 23.3 Å². The molecule has 0 radical (unpaired) electrons. The number of nitrogens with one attached hydrogen (secondary N) is 1. The summed E-state index contributed by atoms with van der Waals surface area (Å²) in [6.45, 7) is 9.91. The third-order valence-electron chi connectivity index (χ3n) is 11.4. The number of rotatable bonds is 14. The number of likely N-dealkylation sites (N-methyl/N-ethyl adjacent to an activating group) is 1. The maximum atomic E-state index is 14.7. The van der Waals surface area contributed by atoms with Crippen molar-refractivity contribution in [2.75, 3.05) is 32.5 Å². The van der Waals surface area contributed by atoms with Crippen LogP contribution in [0.1, 0.15) is 98.6 Å². The van der Waals surface area contributed by atoms with Crippen LogP contribution >= 0.6 is 0 Å². The van der Waals surface area contributed by atoms with Crippen LogP contribution in [0.3, 0.4) is 0 Å². The minimum absolute atomic E-state index is 0.0334. The molecular formula is C48H58N8O7. The molecule has 0 spiro atoms. The molecule has 0 saturated carbocycles. The molecule has 8 N–H and O–H groups in total. The van der Waals surface area contributed by atoms with Crippen molar-refractivity contribution in [3.8, 4) is 40.1 Å². The molecule has 1 aliphatic heterocycles. The van der Waals surface area contributed by atoms with Gasteiger partial charge in [-0.1, -0.05) is 64.1 Å². The van der Waals surface area contributed by atoms with Crippen molar-refractivity contribution in [3.05, 3.63) is 88.6 Å². The lowest BCUT2D eigenvalue weighted by molar-refractivity contribution is -0.142. The number of carbonyl (C=O) groups excluding carboxylic acids is 5. The van der Waals surface area contributed by atoms with Crippen molar-refractivity contribution in [1.82, 2.24) is 20.2 Å². The Morgan fingerprint density at radius 1 is 1.00 bits per heavy atom. The Hall–Kier alpha value is -6.50. The number of phenolic OH excluding ortho intramolecular Hbond substituents is 1. The number of phenols is 1. The number of nitrogen functional groups attached to an aromatic ring is 1. The highest BCUT2D eigenvalue weighted by Gasteiger charge is 2.36. The zero-order valence-corrected chi connectivity index (χ0v) is 36.9. The Balaban J connectivity index is 1.53. The number of nitriles is 1.